The third-order valence-corrected chi connectivity index (χ3v) is 6.23. The molecule has 1 amide bonds. The monoisotopic (exact) mass is 371 g/mol. The number of fused-ring (bicyclic) bond motifs is 1. The van der Waals surface area contributed by atoms with Crippen molar-refractivity contribution in [2.75, 3.05) is 25.1 Å². The minimum absolute atomic E-state index is 0.00592. The number of carbonyl (C=O) groups excluding carboxylic acids is 2. The zero-order chi connectivity index (χ0) is 18.1. The van der Waals surface area contributed by atoms with Gasteiger partial charge < -0.3 is 15.0 Å². The molecule has 1 aromatic carbocycles. The van der Waals surface area contributed by atoms with Crippen molar-refractivity contribution < 1.29 is 14.3 Å². The molecular weight excluding hydrogens is 350 g/mol. The molecule has 1 saturated heterocycles. The predicted molar refractivity (Wildman–Crippen MR) is 99.6 cm³/mol. The molecule has 26 heavy (non-hydrogen) atoms. The fraction of sp³-hybridized carbons (Fsp3) is 0.421. The van der Waals surface area contributed by atoms with Crippen LogP contribution in [-0.4, -0.2) is 37.1 Å². The quantitative estimate of drug-likeness (QED) is 0.840. The zero-order valence-corrected chi connectivity index (χ0v) is 15.5. The van der Waals surface area contributed by atoms with Gasteiger partial charge in [0, 0.05) is 30.3 Å². The highest BCUT2D eigenvalue weighted by atomic mass is 32.1. The number of anilines is 1. The maximum absolute atomic E-state index is 12.2. The first-order chi connectivity index (χ1) is 12.7. The number of thiazole rings is 1. The fourth-order valence-corrected chi connectivity index (χ4v) is 4.86. The smallest absolute Gasteiger partial charge is 0.337 e. The SMILES string of the molecule is COC(=O)c1cccc([C@H]2CC(=O)NCc3nc(N4CCCC4)sc32)c1. The van der Waals surface area contributed by atoms with Crippen molar-refractivity contribution in [2.45, 2.75) is 31.7 Å². The van der Waals surface area contributed by atoms with Crippen LogP contribution in [0.2, 0.25) is 0 Å². The van der Waals surface area contributed by atoms with Crippen molar-refractivity contribution in [3.05, 3.63) is 46.0 Å². The van der Waals surface area contributed by atoms with Gasteiger partial charge in [0.15, 0.2) is 5.13 Å². The van der Waals surface area contributed by atoms with Crippen LogP contribution in [0.3, 0.4) is 0 Å². The Morgan fingerprint density at radius 1 is 1.35 bits per heavy atom. The number of amides is 1. The molecule has 2 aromatic rings. The van der Waals surface area contributed by atoms with Crippen molar-refractivity contribution in [3.63, 3.8) is 0 Å². The van der Waals surface area contributed by atoms with E-state index < -0.39 is 0 Å². The topological polar surface area (TPSA) is 71.5 Å². The van der Waals surface area contributed by atoms with Gasteiger partial charge in [0.25, 0.3) is 0 Å². The van der Waals surface area contributed by atoms with Gasteiger partial charge in [0.05, 0.1) is 24.9 Å². The van der Waals surface area contributed by atoms with Gasteiger partial charge in [0.2, 0.25) is 5.91 Å². The summed E-state index contributed by atoms with van der Waals surface area (Å²) in [6.07, 6.45) is 2.76. The number of aromatic nitrogens is 1. The van der Waals surface area contributed by atoms with Crippen LogP contribution in [0, 0.1) is 0 Å². The summed E-state index contributed by atoms with van der Waals surface area (Å²) < 4.78 is 4.83. The summed E-state index contributed by atoms with van der Waals surface area (Å²) in [7, 11) is 1.37. The van der Waals surface area contributed by atoms with E-state index in [-0.39, 0.29) is 17.8 Å². The summed E-state index contributed by atoms with van der Waals surface area (Å²) >= 11 is 1.68. The third-order valence-electron chi connectivity index (χ3n) is 4.96. The van der Waals surface area contributed by atoms with E-state index in [0.29, 0.717) is 18.5 Å². The molecule has 0 saturated carbocycles. The molecule has 1 atom stereocenters. The molecule has 2 aliphatic rings. The molecule has 2 aliphatic heterocycles. The number of nitrogens with zero attached hydrogens (tertiary/aromatic N) is 2. The maximum atomic E-state index is 12.2. The first kappa shape index (κ1) is 17.0. The predicted octanol–water partition coefficient (Wildman–Crippen LogP) is 2.68. The number of methoxy groups -OCH3 is 1. The van der Waals surface area contributed by atoms with Crippen LogP contribution in [0.5, 0.6) is 0 Å². The molecule has 1 fully saturated rings. The zero-order valence-electron chi connectivity index (χ0n) is 14.7. The van der Waals surface area contributed by atoms with Gasteiger partial charge in [0.1, 0.15) is 0 Å². The average molecular weight is 371 g/mol. The van der Waals surface area contributed by atoms with Crippen LogP contribution >= 0.6 is 11.3 Å². The maximum Gasteiger partial charge on any atom is 0.337 e. The van der Waals surface area contributed by atoms with E-state index >= 15 is 0 Å². The van der Waals surface area contributed by atoms with E-state index in [4.69, 9.17) is 9.72 Å². The average Bonchev–Trinajstić information content (AvgIpc) is 3.31. The van der Waals surface area contributed by atoms with E-state index in [1.807, 2.05) is 18.2 Å². The first-order valence-corrected chi connectivity index (χ1v) is 9.67. The Hall–Kier alpha value is -2.41. The lowest BCUT2D eigenvalue weighted by molar-refractivity contribution is -0.121. The molecule has 3 heterocycles. The van der Waals surface area contributed by atoms with Gasteiger partial charge >= 0.3 is 5.97 Å². The number of nitrogens with one attached hydrogen (secondary N) is 1. The van der Waals surface area contributed by atoms with E-state index in [1.165, 1.54) is 20.0 Å². The molecule has 1 aromatic heterocycles. The van der Waals surface area contributed by atoms with Crippen molar-refractivity contribution in [3.8, 4) is 0 Å². The number of benzene rings is 1. The molecule has 0 unspecified atom stereocenters. The number of hydrogen-bond donors (Lipinski definition) is 1. The Labute approximate surface area is 156 Å². The second kappa shape index (κ2) is 7.07. The van der Waals surface area contributed by atoms with Crippen LogP contribution < -0.4 is 10.2 Å². The van der Waals surface area contributed by atoms with Gasteiger partial charge in [-0.05, 0) is 30.5 Å². The summed E-state index contributed by atoms with van der Waals surface area (Å²) in [5, 5.41) is 3.99. The lowest BCUT2D eigenvalue weighted by Gasteiger charge is -2.15. The number of carbonyl (C=O) groups is 2. The van der Waals surface area contributed by atoms with Gasteiger partial charge in [-0.1, -0.05) is 12.1 Å². The Bertz CT molecular complexity index is 842. The standard InChI is InChI=1S/C19H21N3O3S/c1-25-18(24)13-6-4-5-12(9-13)14-10-16(23)20-11-15-17(14)26-19(21-15)22-7-2-3-8-22/h4-6,9,14H,2-3,7-8,10-11H2,1H3,(H,20,23)/t14-/m1/s1. The van der Waals surface area contributed by atoms with Crippen LogP contribution in [0.1, 0.15) is 51.7 Å². The molecule has 0 aliphatic carbocycles. The number of rotatable bonds is 3. The normalized spacial score (nSPS) is 19.7. The Morgan fingerprint density at radius 2 is 2.15 bits per heavy atom. The van der Waals surface area contributed by atoms with E-state index in [0.717, 1.165) is 34.4 Å². The number of esters is 1. The molecule has 136 valence electrons. The summed E-state index contributed by atoms with van der Waals surface area (Å²) in [5.74, 6) is -0.454. The molecule has 0 bridgehead atoms. The molecule has 0 spiro atoms. The highest BCUT2D eigenvalue weighted by Crippen LogP contribution is 2.40. The van der Waals surface area contributed by atoms with Crippen molar-refractivity contribution in [1.82, 2.24) is 10.3 Å². The molecular formula is C19H21N3O3S. The first-order valence-electron chi connectivity index (χ1n) is 8.85. The second-order valence-corrected chi connectivity index (χ2v) is 7.66. The van der Waals surface area contributed by atoms with Crippen molar-refractivity contribution in [2.24, 2.45) is 0 Å². The van der Waals surface area contributed by atoms with Crippen LogP contribution in [0.25, 0.3) is 0 Å². The highest BCUT2D eigenvalue weighted by Gasteiger charge is 2.30. The van der Waals surface area contributed by atoms with Crippen molar-refractivity contribution >= 4 is 28.3 Å². The minimum atomic E-state index is -0.368. The Balaban J connectivity index is 1.73. The van der Waals surface area contributed by atoms with Crippen LogP contribution in [0.4, 0.5) is 5.13 Å². The van der Waals surface area contributed by atoms with E-state index in [2.05, 4.69) is 10.2 Å². The lowest BCUT2D eigenvalue weighted by Crippen LogP contribution is -2.22. The van der Waals surface area contributed by atoms with Crippen LogP contribution in [0.15, 0.2) is 24.3 Å². The van der Waals surface area contributed by atoms with Gasteiger partial charge in [-0.2, -0.15) is 0 Å². The second-order valence-electron chi connectivity index (χ2n) is 6.65. The molecule has 7 heteroatoms. The van der Waals surface area contributed by atoms with Gasteiger partial charge in [-0.3, -0.25) is 4.79 Å². The summed E-state index contributed by atoms with van der Waals surface area (Å²) in [5.41, 5.74) is 2.39. The van der Waals surface area contributed by atoms with E-state index in [9.17, 15) is 9.59 Å². The largest absolute Gasteiger partial charge is 0.465 e. The molecule has 4 rings (SSSR count). The summed E-state index contributed by atoms with van der Waals surface area (Å²) in [6.45, 7) is 2.55. The molecule has 0 radical (unpaired) electrons. The van der Waals surface area contributed by atoms with E-state index in [1.54, 1.807) is 17.4 Å². The molecule has 6 nitrogen and oxygen atoms in total. The van der Waals surface area contributed by atoms with Crippen molar-refractivity contribution in [1.29, 1.82) is 0 Å². The van der Waals surface area contributed by atoms with Gasteiger partial charge in [-0.15, -0.1) is 11.3 Å². The Kier molecular flexibility index (Phi) is 4.63. The molecule has 1 N–H and O–H groups in total. The Morgan fingerprint density at radius 3 is 2.92 bits per heavy atom. The third kappa shape index (κ3) is 3.19. The highest BCUT2D eigenvalue weighted by molar-refractivity contribution is 7.15. The minimum Gasteiger partial charge on any atom is -0.465 e. The number of hydrogen-bond acceptors (Lipinski definition) is 6. The summed E-state index contributed by atoms with van der Waals surface area (Å²) in [6, 6.07) is 7.37. The summed E-state index contributed by atoms with van der Waals surface area (Å²) in [4.78, 5) is 32.4. The fourth-order valence-electron chi connectivity index (χ4n) is 3.60. The van der Waals surface area contributed by atoms with Gasteiger partial charge in [-0.25, -0.2) is 9.78 Å². The van der Waals surface area contributed by atoms with Crippen LogP contribution in [-0.2, 0) is 16.1 Å². The lowest BCUT2D eigenvalue weighted by atomic mass is 9.92. The number of ether oxygens (including phenoxy) is 1.